The summed E-state index contributed by atoms with van der Waals surface area (Å²) in [6.45, 7) is 0. The number of benzene rings is 2. The first-order chi connectivity index (χ1) is 11.6. The number of Topliss-reactive ketones (excluding diaryl/α,β-unsaturated/α-hetero) is 1. The van der Waals surface area contributed by atoms with Gasteiger partial charge in [-0.1, -0.05) is 12.1 Å². The predicted molar refractivity (Wildman–Crippen MR) is 88.6 cm³/mol. The van der Waals surface area contributed by atoms with Gasteiger partial charge in [0.15, 0.2) is 5.78 Å². The Morgan fingerprint density at radius 3 is 2.08 bits per heavy atom. The highest BCUT2D eigenvalue weighted by atomic mass is 32.2. The first-order valence-electron chi connectivity index (χ1n) is 6.73. The fourth-order valence-electron chi connectivity index (χ4n) is 1.85. The second-order valence-electron chi connectivity index (χ2n) is 4.78. The lowest BCUT2D eigenvalue weighted by Crippen LogP contribution is -2.17. The average Bonchev–Trinajstić information content (AvgIpc) is 2.54. The summed E-state index contributed by atoms with van der Waals surface area (Å²) in [6.07, 6.45) is -4.83. The van der Waals surface area contributed by atoms with Gasteiger partial charge in [-0.2, -0.15) is 12.6 Å². The van der Waals surface area contributed by atoms with Crippen molar-refractivity contribution in [3.63, 3.8) is 0 Å². The number of ketones is 1. The Balaban J connectivity index is 2.14. The van der Waals surface area contributed by atoms with E-state index < -0.39 is 22.1 Å². The lowest BCUT2D eigenvalue weighted by Gasteiger charge is -2.11. The Morgan fingerprint density at radius 2 is 1.60 bits per heavy atom. The number of carbonyl (C=O) groups excluding carboxylic acids is 1. The first-order valence-corrected chi connectivity index (χ1v) is 8.85. The number of alkyl halides is 3. The summed E-state index contributed by atoms with van der Waals surface area (Å²) in [4.78, 5) is 11.4. The Bertz CT molecular complexity index is 848. The van der Waals surface area contributed by atoms with Gasteiger partial charge in [0, 0.05) is 11.3 Å². The molecule has 10 heteroatoms. The van der Waals surface area contributed by atoms with E-state index in [0.29, 0.717) is 5.56 Å². The van der Waals surface area contributed by atoms with Crippen molar-refractivity contribution in [1.82, 2.24) is 0 Å². The van der Waals surface area contributed by atoms with Gasteiger partial charge in [0.1, 0.15) is 5.75 Å². The zero-order valence-corrected chi connectivity index (χ0v) is 14.2. The summed E-state index contributed by atoms with van der Waals surface area (Å²) in [5, 5.41) is 0. The number of hydrogen-bond acceptors (Lipinski definition) is 5. The van der Waals surface area contributed by atoms with Crippen molar-refractivity contribution in [3.05, 3.63) is 54.1 Å². The first kappa shape index (κ1) is 19.1. The van der Waals surface area contributed by atoms with Crippen molar-refractivity contribution in [3.8, 4) is 5.75 Å². The van der Waals surface area contributed by atoms with Gasteiger partial charge in [0.05, 0.1) is 10.6 Å². The zero-order chi connectivity index (χ0) is 18.7. The van der Waals surface area contributed by atoms with Crippen molar-refractivity contribution >= 4 is 34.1 Å². The molecule has 0 aliphatic rings. The van der Waals surface area contributed by atoms with Gasteiger partial charge in [-0.3, -0.25) is 9.52 Å². The van der Waals surface area contributed by atoms with E-state index in [9.17, 15) is 26.4 Å². The van der Waals surface area contributed by atoms with E-state index in [4.69, 9.17) is 0 Å². The number of carbonyl (C=O) groups is 1. The molecular weight excluding hydrogens is 379 g/mol. The molecule has 0 aliphatic heterocycles. The lowest BCUT2D eigenvalue weighted by molar-refractivity contribution is -0.274. The number of hydrogen-bond donors (Lipinski definition) is 2. The topological polar surface area (TPSA) is 72.5 Å². The van der Waals surface area contributed by atoms with Crippen molar-refractivity contribution < 1.29 is 31.1 Å². The molecule has 5 nitrogen and oxygen atoms in total. The average molecular weight is 391 g/mol. The predicted octanol–water partition coefficient (Wildman–Crippen LogP) is 3.50. The summed E-state index contributed by atoms with van der Waals surface area (Å²) >= 11 is 3.85. The second kappa shape index (κ2) is 7.36. The third-order valence-corrected chi connectivity index (χ3v) is 4.65. The Labute approximate surface area is 147 Å². The monoisotopic (exact) mass is 391 g/mol. The van der Waals surface area contributed by atoms with Crippen LogP contribution >= 0.6 is 12.6 Å². The highest BCUT2D eigenvalue weighted by Gasteiger charge is 2.31. The van der Waals surface area contributed by atoms with E-state index in [1.54, 1.807) is 0 Å². The SMILES string of the molecule is O=C(CS)c1ccc(S(=O)(=O)Nc2ccc(OC(F)(F)F)cc2)cc1. The summed E-state index contributed by atoms with van der Waals surface area (Å²) < 4.78 is 66.7. The zero-order valence-electron chi connectivity index (χ0n) is 12.4. The lowest BCUT2D eigenvalue weighted by atomic mass is 10.1. The van der Waals surface area contributed by atoms with Crippen molar-refractivity contribution in [2.75, 3.05) is 10.5 Å². The third-order valence-electron chi connectivity index (χ3n) is 2.97. The highest BCUT2D eigenvalue weighted by Crippen LogP contribution is 2.25. The quantitative estimate of drug-likeness (QED) is 0.584. The third kappa shape index (κ3) is 5.40. The number of anilines is 1. The molecule has 0 aliphatic carbocycles. The number of thiol groups is 1. The molecule has 0 bridgehead atoms. The van der Waals surface area contributed by atoms with Crippen LogP contribution in [-0.2, 0) is 10.0 Å². The maximum atomic E-state index is 12.2. The minimum atomic E-state index is -4.83. The van der Waals surface area contributed by atoms with Crippen molar-refractivity contribution in [2.45, 2.75) is 11.3 Å². The number of nitrogens with one attached hydrogen (secondary N) is 1. The fraction of sp³-hybridized carbons (Fsp3) is 0.133. The van der Waals surface area contributed by atoms with E-state index >= 15 is 0 Å². The molecule has 0 unspecified atom stereocenters. The number of rotatable bonds is 6. The van der Waals surface area contributed by atoms with E-state index in [2.05, 4.69) is 22.1 Å². The smallest absolute Gasteiger partial charge is 0.406 e. The minimum absolute atomic E-state index is 0.00328. The molecule has 0 spiro atoms. The van der Waals surface area contributed by atoms with Gasteiger partial charge in [-0.25, -0.2) is 8.42 Å². The highest BCUT2D eigenvalue weighted by molar-refractivity contribution is 7.92. The standard InChI is InChI=1S/C15H12F3NO4S2/c16-15(17,18)23-12-5-3-11(4-6-12)19-25(21,22)13-7-1-10(2-8-13)14(20)9-24/h1-8,19,24H,9H2. The van der Waals surface area contributed by atoms with Crippen molar-refractivity contribution in [1.29, 1.82) is 0 Å². The normalized spacial score (nSPS) is 11.8. The molecule has 0 heterocycles. The number of halogens is 3. The van der Waals surface area contributed by atoms with Crippen LogP contribution in [0, 0.1) is 0 Å². The van der Waals surface area contributed by atoms with E-state index in [1.807, 2.05) is 0 Å². The second-order valence-corrected chi connectivity index (χ2v) is 6.78. The number of sulfonamides is 1. The maximum Gasteiger partial charge on any atom is 0.573 e. The molecule has 2 aromatic rings. The van der Waals surface area contributed by atoms with Gasteiger partial charge in [-0.05, 0) is 36.4 Å². The molecule has 0 fully saturated rings. The van der Waals surface area contributed by atoms with Gasteiger partial charge >= 0.3 is 6.36 Å². The Morgan fingerprint density at radius 1 is 1.04 bits per heavy atom. The minimum Gasteiger partial charge on any atom is -0.406 e. The van der Waals surface area contributed by atoms with Gasteiger partial charge < -0.3 is 4.74 Å². The molecule has 0 radical (unpaired) electrons. The van der Waals surface area contributed by atoms with Crippen LogP contribution < -0.4 is 9.46 Å². The molecule has 0 aromatic heterocycles. The molecule has 1 N–H and O–H groups in total. The molecule has 25 heavy (non-hydrogen) atoms. The van der Waals surface area contributed by atoms with Crippen molar-refractivity contribution in [2.24, 2.45) is 0 Å². The molecule has 0 saturated heterocycles. The molecule has 0 atom stereocenters. The fourth-order valence-corrected chi connectivity index (χ4v) is 3.09. The van der Waals surface area contributed by atoms with Crippen LogP contribution in [0.15, 0.2) is 53.4 Å². The maximum absolute atomic E-state index is 12.2. The van der Waals surface area contributed by atoms with Crippen LogP contribution in [0.1, 0.15) is 10.4 Å². The van der Waals surface area contributed by atoms with E-state index in [1.165, 1.54) is 24.3 Å². The number of ether oxygens (including phenoxy) is 1. The summed E-state index contributed by atoms with van der Waals surface area (Å²) in [5.74, 6) is -0.720. The van der Waals surface area contributed by atoms with Gasteiger partial charge in [-0.15, -0.1) is 13.2 Å². The van der Waals surface area contributed by atoms with Gasteiger partial charge in [0.2, 0.25) is 0 Å². The summed E-state index contributed by atoms with van der Waals surface area (Å²) in [5.41, 5.74) is 0.382. The van der Waals surface area contributed by atoms with Crippen LogP contribution in [0.2, 0.25) is 0 Å². The largest absolute Gasteiger partial charge is 0.573 e. The van der Waals surface area contributed by atoms with Crippen LogP contribution in [0.4, 0.5) is 18.9 Å². The molecule has 134 valence electrons. The van der Waals surface area contributed by atoms with Crippen LogP contribution in [-0.4, -0.2) is 26.3 Å². The van der Waals surface area contributed by atoms with Crippen LogP contribution in [0.5, 0.6) is 5.75 Å². The molecular formula is C15H12F3NO4S2. The van der Waals surface area contributed by atoms with Crippen LogP contribution in [0.25, 0.3) is 0 Å². The molecule has 0 saturated carbocycles. The van der Waals surface area contributed by atoms with Gasteiger partial charge in [0.25, 0.3) is 10.0 Å². The molecule has 2 rings (SSSR count). The summed E-state index contributed by atoms with van der Waals surface area (Å²) in [7, 11) is -3.95. The van der Waals surface area contributed by atoms with E-state index in [0.717, 1.165) is 24.3 Å². The molecule has 0 amide bonds. The van der Waals surface area contributed by atoms with E-state index in [-0.39, 0.29) is 22.1 Å². The summed E-state index contributed by atoms with van der Waals surface area (Å²) in [6, 6.07) is 9.45. The molecule has 2 aromatic carbocycles. The Hall–Kier alpha value is -2.20. The van der Waals surface area contributed by atoms with Crippen LogP contribution in [0.3, 0.4) is 0 Å². The Kier molecular flexibility index (Phi) is 5.63.